The Morgan fingerprint density at radius 1 is 0.607 bits per heavy atom. The highest BCUT2D eigenvalue weighted by molar-refractivity contribution is 7.47. The maximum Gasteiger partial charge on any atom is 0.472 e. The molecule has 0 spiro atoms. The molecule has 0 aromatic heterocycles. The van der Waals surface area contributed by atoms with Gasteiger partial charge in [0.25, 0.3) is 0 Å². The Balaban J connectivity index is 4.47. The molecule has 0 saturated heterocycles. The molecule has 2 unspecified atom stereocenters. The van der Waals surface area contributed by atoms with Crippen LogP contribution in [0.1, 0.15) is 136 Å². The van der Waals surface area contributed by atoms with Crippen LogP contribution < -0.4 is 0 Å². The molecule has 0 fully saturated rings. The van der Waals surface area contributed by atoms with E-state index >= 15 is 0 Å². The lowest BCUT2D eigenvalue weighted by atomic mass is 10.1. The molecule has 4 atom stereocenters. The van der Waals surface area contributed by atoms with E-state index in [-0.39, 0.29) is 19.4 Å². The van der Waals surface area contributed by atoms with E-state index < -0.39 is 57.9 Å². The standard InChI is InChI=1S/C44H73O11P/c1-3-5-7-9-11-12-13-14-15-16-17-18-19-20-22-26-30-34-43(48)52-38-42(39-54-56(50,51)53-37-41(47)36-45)55-44(49)35-31-27-23-25-29-33-40(46)32-28-24-21-10-8-6-4-2/h5-8,11-12,14-15,17-18,21,24,28,32,40-42,45-47H,3-4,9-10,13,16,19-20,22-23,25-27,29-31,33-39H2,1-2H3,(H,50,51)/b7-5-,8-6+,12-11-,15-14-,18-17-,24-21+,32-28+/t40?,41-,42+/m0/s1. The lowest BCUT2D eigenvalue weighted by Gasteiger charge is -2.20. The third-order valence-corrected chi connectivity index (χ3v) is 9.10. The summed E-state index contributed by atoms with van der Waals surface area (Å²) in [5.74, 6) is -1.04. The number of hydrogen-bond acceptors (Lipinski definition) is 10. The number of phosphoric acid groups is 1. The minimum Gasteiger partial charge on any atom is -0.462 e. The monoisotopic (exact) mass is 808 g/mol. The van der Waals surface area contributed by atoms with Gasteiger partial charge in [0.1, 0.15) is 12.7 Å². The van der Waals surface area contributed by atoms with Gasteiger partial charge < -0.3 is 29.7 Å². The molecule has 0 rings (SSSR count). The Labute approximate surface area is 337 Å². The molecular formula is C44H73O11P. The molecule has 0 aliphatic carbocycles. The van der Waals surface area contributed by atoms with Crippen molar-refractivity contribution in [1.29, 1.82) is 0 Å². The molecule has 0 aliphatic rings. The van der Waals surface area contributed by atoms with Gasteiger partial charge in [-0.2, -0.15) is 0 Å². The van der Waals surface area contributed by atoms with Gasteiger partial charge in [0, 0.05) is 12.8 Å². The first-order chi connectivity index (χ1) is 27.1. The van der Waals surface area contributed by atoms with E-state index in [1.54, 1.807) is 6.08 Å². The van der Waals surface area contributed by atoms with E-state index in [4.69, 9.17) is 19.1 Å². The Morgan fingerprint density at radius 2 is 1.12 bits per heavy atom. The van der Waals surface area contributed by atoms with Crippen molar-refractivity contribution in [1.82, 2.24) is 0 Å². The number of carbonyl (C=O) groups excluding carboxylic acids is 2. The zero-order chi connectivity index (χ0) is 41.4. The highest BCUT2D eigenvalue weighted by Crippen LogP contribution is 2.43. The van der Waals surface area contributed by atoms with Gasteiger partial charge in [-0.15, -0.1) is 0 Å². The summed E-state index contributed by atoms with van der Waals surface area (Å²) in [7, 11) is -4.65. The first-order valence-electron chi connectivity index (χ1n) is 20.7. The summed E-state index contributed by atoms with van der Waals surface area (Å²) in [6.45, 7) is 1.96. The number of hydrogen-bond donors (Lipinski definition) is 4. The van der Waals surface area contributed by atoms with Gasteiger partial charge in [0.05, 0.1) is 25.9 Å². The third kappa shape index (κ3) is 38.0. The van der Waals surface area contributed by atoms with Crippen LogP contribution in [-0.2, 0) is 32.7 Å². The second-order valence-corrected chi connectivity index (χ2v) is 14.9. The first-order valence-corrected chi connectivity index (χ1v) is 22.1. The summed E-state index contributed by atoms with van der Waals surface area (Å²) < 4.78 is 32.6. The minimum atomic E-state index is -4.65. The maximum atomic E-state index is 12.6. The molecular weight excluding hydrogens is 735 g/mol. The van der Waals surface area contributed by atoms with Crippen molar-refractivity contribution >= 4 is 19.8 Å². The van der Waals surface area contributed by atoms with Crippen LogP contribution >= 0.6 is 7.82 Å². The fourth-order valence-electron chi connectivity index (χ4n) is 4.99. The van der Waals surface area contributed by atoms with Gasteiger partial charge >= 0.3 is 19.8 Å². The molecule has 4 N–H and O–H groups in total. The van der Waals surface area contributed by atoms with E-state index in [2.05, 4.69) is 79.1 Å². The van der Waals surface area contributed by atoms with Gasteiger partial charge in [0.15, 0.2) is 6.10 Å². The van der Waals surface area contributed by atoms with Crippen LogP contribution in [0.5, 0.6) is 0 Å². The second-order valence-electron chi connectivity index (χ2n) is 13.4. The molecule has 0 amide bonds. The molecule has 0 saturated carbocycles. The van der Waals surface area contributed by atoms with E-state index in [0.29, 0.717) is 19.3 Å². The number of aliphatic hydroxyl groups is 3. The highest BCUT2D eigenvalue weighted by Gasteiger charge is 2.27. The number of allylic oxidation sites excluding steroid dienone is 13. The van der Waals surface area contributed by atoms with Gasteiger partial charge in [-0.25, -0.2) is 4.57 Å². The van der Waals surface area contributed by atoms with Gasteiger partial charge in [-0.3, -0.25) is 18.6 Å². The average molecular weight is 809 g/mol. The smallest absolute Gasteiger partial charge is 0.462 e. The van der Waals surface area contributed by atoms with Crippen LogP contribution in [0.4, 0.5) is 0 Å². The van der Waals surface area contributed by atoms with Crippen molar-refractivity contribution in [2.24, 2.45) is 0 Å². The molecule has 56 heavy (non-hydrogen) atoms. The van der Waals surface area contributed by atoms with Crippen molar-refractivity contribution in [2.45, 2.75) is 154 Å². The molecule has 12 heteroatoms. The predicted octanol–water partition coefficient (Wildman–Crippen LogP) is 9.63. The molecule has 0 aliphatic heterocycles. The summed E-state index contributed by atoms with van der Waals surface area (Å²) in [4.78, 5) is 35.0. The maximum absolute atomic E-state index is 12.6. The fourth-order valence-corrected chi connectivity index (χ4v) is 5.78. The van der Waals surface area contributed by atoms with Crippen molar-refractivity contribution in [2.75, 3.05) is 26.4 Å². The molecule has 11 nitrogen and oxygen atoms in total. The lowest BCUT2D eigenvalue weighted by Crippen LogP contribution is -2.29. The third-order valence-electron chi connectivity index (χ3n) is 8.15. The molecule has 0 aromatic rings. The number of phosphoric ester groups is 1. The van der Waals surface area contributed by atoms with Gasteiger partial charge in [-0.1, -0.05) is 137 Å². The summed E-state index contributed by atoms with van der Waals surface area (Å²) in [6, 6.07) is 0. The topological polar surface area (TPSA) is 169 Å². The zero-order valence-corrected chi connectivity index (χ0v) is 35.1. The average Bonchev–Trinajstić information content (AvgIpc) is 3.18. The van der Waals surface area contributed by atoms with Crippen LogP contribution in [0.3, 0.4) is 0 Å². The zero-order valence-electron chi connectivity index (χ0n) is 34.2. The van der Waals surface area contributed by atoms with E-state index in [0.717, 1.165) is 89.9 Å². The highest BCUT2D eigenvalue weighted by atomic mass is 31.2. The van der Waals surface area contributed by atoms with E-state index in [1.807, 2.05) is 18.2 Å². The predicted molar refractivity (Wildman–Crippen MR) is 225 cm³/mol. The summed E-state index contributed by atoms with van der Waals surface area (Å²) >= 11 is 0. The molecule has 0 bridgehead atoms. The van der Waals surface area contributed by atoms with Gasteiger partial charge in [0.2, 0.25) is 0 Å². The summed E-state index contributed by atoms with van der Waals surface area (Å²) in [5, 5.41) is 28.4. The van der Waals surface area contributed by atoms with Crippen LogP contribution in [0, 0.1) is 0 Å². The van der Waals surface area contributed by atoms with Crippen molar-refractivity contribution in [3.63, 3.8) is 0 Å². The Morgan fingerprint density at radius 3 is 1.75 bits per heavy atom. The Kier molecular flexibility index (Phi) is 36.9. The van der Waals surface area contributed by atoms with E-state index in [9.17, 15) is 29.3 Å². The second kappa shape index (κ2) is 39.0. The van der Waals surface area contributed by atoms with Gasteiger partial charge in [-0.05, 0) is 70.6 Å². The first kappa shape index (κ1) is 53.1. The minimum absolute atomic E-state index is 0.104. The van der Waals surface area contributed by atoms with Crippen LogP contribution in [0.15, 0.2) is 85.1 Å². The SMILES string of the molecule is CC/C=C\C/C=C\C/C=C\C/C=C\CCCCCCC(=O)OC[C@H](COP(=O)(O)OC[C@@H](O)CO)OC(=O)CCCCCCCC(O)/C=C/C=C/C/C=C/CC. The van der Waals surface area contributed by atoms with Crippen LogP contribution in [0.2, 0.25) is 0 Å². The molecule has 0 radical (unpaired) electrons. The molecule has 0 aromatic carbocycles. The Hall–Kier alpha value is -2.89. The van der Waals surface area contributed by atoms with Crippen LogP contribution in [0.25, 0.3) is 0 Å². The number of esters is 2. The number of ether oxygens (including phenoxy) is 2. The van der Waals surface area contributed by atoms with E-state index in [1.165, 1.54) is 0 Å². The largest absolute Gasteiger partial charge is 0.472 e. The lowest BCUT2D eigenvalue weighted by molar-refractivity contribution is -0.161. The van der Waals surface area contributed by atoms with Crippen LogP contribution in [-0.4, -0.2) is 76.9 Å². The normalized spacial score (nSPS) is 15.3. The number of rotatable bonds is 37. The Bertz CT molecular complexity index is 1220. The summed E-state index contributed by atoms with van der Waals surface area (Å²) in [5.41, 5.74) is 0. The van der Waals surface area contributed by atoms with Crippen molar-refractivity contribution < 1.29 is 52.9 Å². The molecule has 0 heterocycles. The fraction of sp³-hybridized carbons (Fsp3) is 0.636. The number of aliphatic hydroxyl groups excluding tert-OH is 3. The van der Waals surface area contributed by atoms with Crippen molar-refractivity contribution in [3.8, 4) is 0 Å². The molecule has 320 valence electrons. The number of carbonyl (C=O) groups is 2. The quantitative estimate of drug-likeness (QED) is 0.0155. The number of unbranched alkanes of at least 4 members (excludes halogenated alkanes) is 8. The summed E-state index contributed by atoms with van der Waals surface area (Å²) in [6.07, 6.45) is 41.4. The van der Waals surface area contributed by atoms with Crippen molar-refractivity contribution in [3.05, 3.63) is 85.1 Å².